The molecule has 2 aromatic carbocycles. The molecule has 0 bridgehead atoms. The lowest BCUT2D eigenvalue weighted by atomic mass is 10.1. The average molecular weight is 439 g/mol. The molecule has 3 aromatic rings. The number of nitrogens with one attached hydrogen (secondary N) is 2. The SMILES string of the molecule is Cc1ccc(C)c(NC(=O)CSc2nnc(N/N=C/c3ccc(N(C)C)cc3)n2N)c1. The number of aryl methyl sites for hydroxylation is 2. The molecule has 9 nitrogen and oxygen atoms in total. The zero-order valence-corrected chi connectivity index (χ0v) is 18.8. The zero-order valence-electron chi connectivity index (χ0n) is 18.0. The van der Waals surface area contributed by atoms with Crippen molar-refractivity contribution in [2.75, 3.05) is 41.3 Å². The molecule has 3 rings (SSSR count). The summed E-state index contributed by atoms with van der Waals surface area (Å²) in [4.78, 5) is 14.3. The van der Waals surface area contributed by atoms with Crippen LogP contribution in [0.5, 0.6) is 0 Å². The Morgan fingerprint density at radius 2 is 1.94 bits per heavy atom. The second kappa shape index (κ2) is 9.98. The molecule has 0 saturated carbocycles. The summed E-state index contributed by atoms with van der Waals surface area (Å²) in [5.41, 5.74) is 7.70. The number of aromatic nitrogens is 3. The van der Waals surface area contributed by atoms with E-state index in [0.717, 1.165) is 28.1 Å². The van der Waals surface area contributed by atoms with Gasteiger partial charge >= 0.3 is 0 Å². The summed E-state index contributed by atoms with van der Waals surface area (Å²) in [6.07, 6.45) is 1.67. The van der Waals surface area contributed by atoms with Crippen LogP contribution in [-0.4, -0.2) is 46.8 Å². The van der Waals surface area contributed by atoms with Crippen LogP contribution in [0.15, 0.2) is 52.7 Å². The van der Waals surface area contributed by atoms with Crippen LogP contribution in [0, 0.1) is 13.8 Å². The molecular formula is C21H26N8OS. The molecule has 31 heavy (non-hydrogen) atoms. The maximum absolute atomic E-state index is 12.3. The third-order valence-corrected chi connectivity index (χ3v) is 5.39. The van der Waals surface area contributed by atoms with E-state index < -0.39 is 0 Å². The van der Waals surface area contributed by atoms with E-state index in [1.54, 1.807) is 6.21 Å². The van der Waals surface area contributed by atoms with Crippen LogP contribution in [-0.2, 0) is 4.79 Å². The molecule has 0 atom stereocenters. The number of benzene rings is 2. The monoisotopic (exact) mass is 438 g/mol. The summed E-state index contributed by atoms with van der Waals surface area (Å²) in [5.74, 6) is 6.31. The highest BCUT2D eigenvalue weighted by Gasteiger charge is 2.12. The molecule has 0 radical (unpaired) electrons. The van der Waals surface area contributed by atoms with Crippen molar-refractivity contribution in [3.8, 4) is 0 Å². The number of hydrazone groups is 1. The maximum Gasteiger partial charge on any atom is 0.264 e. The molecule has 0 saturated heterocycles. The van der Waals surface area contributed by atoms with Crippen LogP contribution in [0.1, 0.15) is 16.7 Å². The van der Waals surface area contributed by atoms with E-state index in [2.05, 4.69) is 26.0 Å². The van der Waals surface area contributed by atoms with Gasteiger partial charge in [0.1, 0.15) is 0 Å². The standard InChI is InChI=1S/C21H26N8OS/c1-14-5-6-15(2)18(11-14)24-19(30)13-31-21-27-26-20(29(21)22)25-23-12-16-7-9-17(10-8-16)28(3)4/h5-12H,13,22H2,1-4H3,(H,24,30)(H,25,26)/b23-12+. The first kappa shape index (κ1) is 22.2. The lowest BCUT2D eigenvalue weighted by Crippen LogP contribution is -2.17. The number of anilines is 3. The van der Waals surface area contributed by atoms with E-state index in [1.165, 1.54) is 16.4 Å². The molecule has 0 aliphatic rings. The fourth-order valence-corrected chi connectivity index (χ4v) is 3.32. The summed E-state index contributed by atoms with van der Waals surface area (Å²) >= 11 is 1.20. The fourth-order valence-electron chi connectivity index (χ4n) is 2.66. The summed E-state index contributed by atoms with van der Waals surface area (Å²) in [7, 11) is 3.98. The van der Waals surface area contributed by atoms with Gasteiger partial charge in [-0.2, -0.15) is 5.10 Å². The smallest absolute Gasteiger partial charge is 0.264 e. The minimum atomic E-state index is -0.143. The van der Waals surface area contributed by atoms with E-state index >= 15 is 0 Å². The van der Waals surface area contributed by atoms with E-state index in [-0.39, 0.29) is 17.6 Å². The van der Waals surface area contributed by atoms with E-state index in [1.807, 2.05) is 75.3 Å². The predicted molar refractivity (Wildman–Crippen MR) is 127 cm³/mol. The van der Waals surface area contributed by atoms with Gasteiger partial charge < -0.3 is 16.1 Å². The molecule has 1 aromatic heterocycles. The molecule has 1 heterocycles. The van der Waals surface area contributed by atoms with Gasteiger partial charge in [0.15, 0.2) is 0 Å². The molecule has 1 amide bonds. The number of hydrogen-bond acceptors (Lipinski definition) is 8. The Balaban J connectivity index is 1.53. The quantitative estimate of drug-likeness (QED) is 0.214. The van der Waals surface area contributed by atoms with Crippen molar-refractivity contribution in [3.05, 3.63) is 59.2 Å². The number of thioether (sulfide) groups is 1. The van der Waals surface area contributed by atoms with E-state index in [9.17, 15) is 4.79 Å². The highest BCUT2D eigenvalue weighted by molar-refractivity contribution is 7.99. The predicted octanol–water partition coefficient (Wildman–Crippen LogP) is 2.85. The first-order chi connectivity index (χ1) is 14.8. The topological polar surface area (TPSA) is 113 Å². The largest absolute Gasteiger partial charge is 0.378 e. The second-order valence-electron chi connectivity index (χ2n) is 7.19. The van der Waals surface area contributed by atoms with Crippen molar-refractivity contribution in [3.63, 3.8) is 0 Å². The minimum absolute atomic E-state index is 0.143. The Kier molecular flexibility index (Phi) is 7.14. The Morgan fingerprint density at radius 3 is 2.65 bits per heavy atom. The van der Waals surface area contributed by atoms with Crippen molar-refractivity contribution < 1.29 is 4.79 Å². The normalized spacial score (nSPS) is 11.0. The van der Waals surface area contributed by atoms with E-state index in [0.29, 0.717) is 5.16 Å². The van der Waals surface area contributed by atoms with Gasteiger partial charge in [0.2, 0.25) is 11.1 Å². The molecule has 0 fully saturated rings. The molecule has 0 aliphatic heterocycles. The third-order valence-electron chi connectivity index (χ3n) is 4.45. The second-order valence-corrected chi connectivity index (χ2v) is 8.13. The highest BCUT2D eigenvalue weighted by atomic mass is 32.2. The number of nitrogen functional groups attached to an aromatic ring is 1. The molecule has 0 spiro atoms. The molecule has 162 valence electrons. The van der Waals surface area contributed by atoms with Gasteiger partial charge in [-0.15, -0.1) is 10.2 Å². The van der Waals surface area contributed by atoms with Gasteiger partial charge in [-0.05, 0) is 48.7 Å². The van der Waals surface area contributed by atoms with Crippen molar-refractivity contribution in [1.29, 1.82) is 0 Å². The number of amides is 1. The van der Waals surface area contributed by atoms with Gasteiger partial charge in [0, 0.05) is 25.5 Å². The minimum Gasteiger partial charge on any atom is -0.378 e. The first-order valence-electron chi connectivity index (χ1n) is 9.60. The number of carbonyl (C=O) groups is 1. The third kappa shape index (κ3) is 5.98. The number of nitrogens with two attached hydrogens (primary N) is 1. The number of nitrogens with zero attached hydrogens (tertiary/aromatic N) is 5. The van der Waals surface area contributed by atoms with Crippen LogP contribution < -0.4 is 21.5 Å². The maximum atomic E-state index is 12.3. The van der Waals surface area contributed by atoms with Crippen LogP contribution in [0.2, 0.25) is 0 Å². The van der Waals surface area contributed by atoms with Crippen LogP contribution >= 0.6 is 11.8 Å². The number of carbonyl (C=O) groups excluding carboxylic acids is 1. The van der Waals surface area contributed by atoms with Crippen molar-refractivity contribution in [1.82, 2.24) is 14.9 Å². The lowest BCUT2D eigenvalue weighted by Gasteiger charge is -2.11. The average Bonchev–Trinajstić information content (AvgIpc) is 3.09. The summed E-state index contributed by atoms with van der Waals surface area (Å²) in [6.45, 7) is 3.93. The lowest BCUT2D eigenvalue weighted by molar-refractivity contribution is -0.113. The van der Waals surface area contributed by atoms with Crippen LogP contribution in [0.4, 0.5) is 17.3 Å². The molecule has 10 heteroatoms. The van der Waals surface area contributed by atoms with Gasteiger partial charge in [0.05, 0.1) is 12.0 Å². The number of rotatable bonds is 8. The van der Waals surface area contributed by atoms with Crippen molar-refractivity contribution >= 4 is 41.2 Å². The molecule has 0 aliphatic carbocycles. The summed E-state index contributed by atoms with van der Waals surface area (Å²) in [5, 5.41) is 15.5. The molecule has 4 N–H and O–H groups in total. The Morgan fingerprint density at radius 1 is 1.19 bits per heavy atom. The van der Waals surface area contributed by atoms with Gasteiger partial charge in [-0.3, -0.25) is 4.79 Å². The van der Waals surface area contributed by atoms with Crippen LogP contribution in [0.25, 0.3) is 0 Å². The fraction of sp³-hybridized carbons (Fsp3) is 0.238. The van der Waals surface area contributed by atoms with Gasteiger partial charge in [-0.1, -0.05) is 36.0 Å². The van der Waals surface area contributed by atoms with Crippen molar-refractivity contribution in [2.45, 2.75) is 19.0 Å². The van der Waals surface area contributed by atoms with Gasteiger partial charge in [-0.25, -0.2) is 10.1 Å². The number of hydrogen-bond donors (Lipinski definition) is 3. The Bertz CT molecular complexity index is 1080. The van der Waals surface area contributed by atoms with E-state index in [4.69, 9.17) is 5.84 Å². The van der Waals surface area contributed by atoms with Gasteiger partial charge in [0.25, 0.3) is 5.95 Å². The summed E-state index contributed by atoms with van der Waals surface area (Å²) < 4.78 is 1.27. The Hall–Kier alpha value is -3.53. The Labute approximate surface area is 185 Å². The summed E-state index contributed by atoms with van der Waals surface area (Å²) in [6, 6.07) is 13.9. The van der Waals surface area contributed by atoms with Crippen molar-refractivity contribution in [2.24, 2.45) is 5.10 Å². The molecular weight excluding hydrogens is 412 g/mol. The zero-order chi connectivity index (χ0) is 22.4. The first-order valence-corrected chi connectivity index (χ1v) is 10.6. The highest BCUT2D eigenvalue weighted by Crippen LogP contribution is 2.19. The molecule has 0 unspecified atom stereocenters. The van der Waals surface area contributed by atoms with Crippen LogP contribution in [0.3, 0.4) is 0 Å².